The molecule has 0 amide bonds. The van der Waals surface area contributed by atoms with Gasteiger partial charge in [0.15, 0.2) is 0 Å². The highest BCUT2D eigenvalue weighted by molar-refractivity contribution is 5.89. The lowest BCUT2D eigenvalue weighted by molar-refractivity contribution is 0.657. The van der Waals surface area contributed by atoms with E-state index in [1.165, 1.54) is 38.8 Å². The van der Waals surface area contributed by atoms with Gasteiger partial charge in [-0.2, -0.15) is 0 Å². The average Bonchev–Trinajstić information content (AvgIpc) is 3.22. The Morgan fingerprint density at radius 3 is 2.21 bits per heavy atom. The Hall–Kier alpha value is -3.85. The molecule has 164 valence electrons. The van der Waals surface area contributed by atoms with Crippen molar-refractivity contribution in [2.24, 2.45) is 0 Å². The van der Waals surface area contributed by atoms with Gasteiger partial charge in [-0.3, -0.25) is 9.97 Å². The molecule has 2 aliphatic carbocycles. The average molecular weight is 440 g/mol. The first-order valence-corrected chi connectivity index (χ1v) is 11.9. The van der Waals surface area contributed by atoms with E-state index in [4.69, 9.17) is 9.97 Å². The molecule has 0 fully saturated rings. The second-order valence-electron chi connectivity index (χ2n) is 10.6. The summed E-state index contributed by atoms with van der Waals surface area (Å²) in [5.74, 6) is 0. The number of pyridine rings is 3. The van der Waals surface area contributed by atoms with Gasteiger partial charge in [-0.05, 0) is 58.1 Å². The molecule has 0 N–H and O–H groups in total. The minimum atomic E-state index is -0.113. The molecule has 3 nitrogen and oxygen atoms in total. The van der Waals surface area contributed by atoms with Gasteiger partial charge < -0.3 is 0 Å². The summed E-state index contributed by atoms with van der Waals surface area (Å²) in [7, 11) is 0. The lowest BCUT2D eigenvalue weighted by Gasteiger charge is -2.22. The van der Waals surface area contributed by atoms with Crippen LogP contribution in [0.5, 0.6) is 0 Å². The molecule has 0 radical (unpaired) electrons. The molecule has 34 heavy (non-hydrogen) atoms. The number of hydrogen-bond acceptors (Lipinski definition) is 3. The molecule has 0 saturated heterocycles. The van der Waals surface area contributed by atoms with Gasteiger partial charge >= 0.3 is 0 Å². The van der Waals surface area contributed by atoms with E-state index < -0.39 is 0 Å². The van der Waals surface area contributed by atoms with Crippen LogP contribution in [-0.2, 0) is 10.8 Å². The van der Waals surface area contributed by atoms with Gasteiger partial charge in [0, 0.05) is 39.7 Å². The van der Waals surface area contributed by atoms with Crippen molar-refractivity contribution in [3.05, 3.63) is 101 Å². The monoisotopic (exact) mass is 439 g/mol. The molecule has 5 aromatic rings. The van der Waals surface area contributed by atoms with Crippen LogP contribution < -0.4 is 0 Å². The lowest BCUT2D eigenvalue weighted by atomic mass is 9.80. The number of aromatic nitrogens is 3. The third-order valence-electron chi connectivity index (χ3n) is 7.95. The van der Waals surface area contributed by atoms with E-state index in [0.717, 1.165) is 28.2 Å². The van der Waals surface area contributed by atoms with Crippen LogP contribution in [0.25, 0.3) is 44.7 Å². The minimum Gasteiger partial charge on any atom is -0.254 e. The molecule has 2 aromatic carbocycles. The van der Waals surface area contributed by atoms with Crippen molar-refractivity contribution in [1.29, 1.82) is 0 Å². The predicted molar refractivity (Wildman–Crippen MR) is 138 cm³/mol. The van der Waals surface area contributed by atoms with Crippen LogP contribution in [-0.4, -0.2) is 15.0 Å². The molecule has 7 rings (SSSR count). The van der Waals surface area contributed by atoms with E-state index in [1.54, 1.807) is 0 Å². The Morgan fingerprint density at radius 2 is 1.32 bits per heavy atom. The Kier molecular flexibility index (Phi) is 3.68. The predicted octanol–water partition coefficient (Wildman–Crippen LogP) is 7.30. The summed E-state index contributed by atoms with van der Waals surface area (Å²) in [6.07, 6.45) is 3.86. The number of para-hydroxylation sites is 1. The van der Waals surface area contributed by atoms with Gasteiger partial charge in [0.05, 0.1) is 22.6 Å². The first kappa shape index (κ1) is 19.6. The smallest absolute Gasteiger partial charge is 0.0930 e. The Balaban J connectivity index is 1.38. The third kappa shape index (κ3) is 2.44. The molecule has 2 aliphatic rings. The second kappa shape index (κ2) is 6.38. The lowest BCUT2D eigenvalue weighted by Crippen LogP contribution is -2.15. The van der Waals surface area contributed by atoms with Crippen LogP contribution in [0.4, 0.5) is 0 Å². The topological polar surface area (TPSA) is 38.7 Å². The van der Waals surface area contributed by atoms with Gasteiger partial charge in [0.2, 0.25) is 0 Å². The Morgan fingerprint density at radius 1 is 0.588 bits per heavy atom. The second-order valence-corrected chi connectivity index (χ2v) is 10.6. The number of benzene rings is 2. The van der Waals surface area contributed by atoms with Gasteiger partial charge in [-0.1, -0.05) is 64.1 Å². The van der Waals surface area contributed by atoms with Crippen molar-refractivity contribution in [3.63, 3.8) is 0 Å². The Labute approximate surface area is 199 Å². The fourth-order valence-electron chi connectivity index (χ4n) is 5.92. The standard InChI is InChI=1S/C31H25N3/c1-30(2)22-9-7-13-32-28(22)29-25(30)16-20(17-33-29)18-11-12-21-23(14-18)31(3,4)24-15-19-8-5-6-10-26(19)34-27(21)24/h5-17H,1-4H3. The van der Waals surface area contributed by atoms with Crippen LogP contribution in [0.2, 0.25) is 0 Å². The quantitative estimate of drug-likeness (QED) is 0.275. The van der Waals surface area contributed by atoms with Crippen LogP contribution in [0.15, 0.2) is 79.1 Å². The van der Waals surface area contributed by atoms with Crippen molar-refractivity contribution < 1.29 is 0 Å². The Bertz CT molecular complexity index is 1660. The molecule has 3 heterocycles. The number of fused-ring (bicyclic) bond motifs is 7. The largest absolute Gasteiger partial charge is 0.254 e. The molecule has 0 saturated carbocycles. The van der Waals surface area contributed by atoms with Crippen molar-refractivity contribution in [1.82, 2.24) is 15.0 Å². The van der Waals surface area contributed by atoms with E-state index in [2.05, 4.69) is 93.3 Å². The summed E-state index contributed by atoms with van der Waals surface area (Å²) in [5, 5.41) is 1.19. The molecule has 0 spiro atoms. The number of nitrogens with zero attached hydrogens (tertiary/aromatic N) is 3. The zero-order chi connectivity index (χ0) is 23.2. The molecule has 0 aliphatic heterocycles. The highest BCUT2D eigenvalue weighted by atomic mass is 14.8. The van der Waals surface area contributed by atoms with E-state index in [9.17, 15) is 0 Å². The summed E-state index contributed by atoms with van der Waals surface area (Å²) in [5.41, 5.74) is 12.7. The zero-order valence-corrected chi connectivity index (χ0v) is 19.8. The van der Waals surface area contributed by atoms with Gasteiger partial charge in [0.1, 0.15) is 0 Å². The van der Waals surface area contributed by atoms with Crippen LogP contribution in [0, 0.1) is 0 Å². The molecule has 0 atom stereocenters. The minimum absolute atomic E-state index is 0.110. The summed E-state index contributed by atoms with van der Waals surface area (Å²) < 4.78 is 0. The van der Waals surface area contributed by atoms with Crippen LogP contribution >= 0.6 is 0 Å². The highest BCUT2D eigenvalue weighted by Crippen LogP contribution is 2.51. The first-order chi connectivity index (χ1) is 16.4. The molecular weight excluding hydrogens is 414 g/mol. The maximum absolute atomic E-state index is 5.07. The van der Waals surface area contributed by atoms with Gasteiger partial charge in [-0.15, -0.1) is 0 Å². The summed E-state index contributed by atoms with van der Waals surface area (Å²) in [6, 6.07) is 24.0. The van der Waals surface area contributed by atoms with E-state index in [-0.39, 0.29) is 10.8 Å². The van der Waals surface area contributed by atoms with E-state index >= 15 is 0 Å². The highest BCUT2D eigenvalue weighted by Gasteiger charge is 2.39. The number of hydrogen-bond donors (Lipinski definition) is 0. The maximum Gasteiger partial charge on any atom is 0.0930 e. The normalized spacial score (nSPS) is 16.1. The van der Waals surface area contributed by atoms with Gasteiger partial charge in [0.25, 0.3) is 0 Å². The fraction of sp³-hybridized carbons (Fsp3) is 0.194. The van der Waals surface area contributed by atoms with Crippen molar-refractivity contribution in [2.75, 3.05) is 0 Å². The van der Waals surface area contributed by atoms with Crippen LogP contribution in [0.1, 0.15) is 49.9 Å². The van der Waals surface area contributed by atoms with Gasteiger partial charge in [-0.25, -0.2) is 4.98 Å². The summed E-state index contributed by atoms with van der Waals surface area (Å²) in [6.45, 7) is 9.15. The summed E-state index contributed by atoms with van der Waals surface area (Å²) in [4.78, 5) is 14.6. The fourth-order valence-corrected chi connectivity index (χ4v) is 5.92. The molecule has 3 aromatic heterocycles. The van der Waals surface area contributed by atoms with E-state index in [0.29, 0.717) is 0 Å². The molecule has 0 bridgehead atoms. The summed E-state index contributed by atoms with van der Waals surface area (Å²) >= 11 is 0. The zero-order valence-electron chi connectivity index (χ0n) is 19.8. The number of rotatable bonds is 1. The third-order valence-corrected chi connectivity index (χ3v) is 7.95. The molecule has 0 unspecified atom stereocenters. The first-order valence-electron chi connectivity index (χ1n) is 11.9. The molecular formula is C31H25N3. The SMILES string of the molecule is CC1(C)c2cc(-c3cnc4c(c3)C(C)(C)c3cccnc3-4)ccc2-c2nc3ccccc3cc21. The van der Waals surface area contributed by atoms with Crippen molar-refractivity contribution >= 4 is 10.9 Å². The van der Waals surface area contributed by atoms with Crippen LogP contribution in [0.3, 0.4) is 0 Å². The maximum atomic E-state index is 5.07. The van der Waals surface area contributed by atoms with Crippen molar-refractivity contribution in [3.8, 4) is 33.8 Å². The van der Waals surface area contributed by atoms with Crippen molar-refractivity contribution in [2.45, 2.75) is 38.5 Å². The van der Waals surface area contributed by atoms with E-state index in [1.807, 2.05) is 18.5 Å². The molecule has 3 heteroatoms.